The van der Waals surface area contributed by atoms with Crippen LogP contribution in [0, 0.1) is 5.82 Å². The first-order valence-electron chi connectivity index (χ1n) is 11.4. The van der Waals surface area contributed by atoms with E-state index in [1.165, 1.54) is 12.1 Å². The van der Waals surface area contributed by atoms with E-state index in [-0.39, 0.29) is 11.7 Å². The Hall–Kier alpha value is -3.74. The number of rotatable bonds is 6. The molecule has 0 spiro atoms. The van der Waals surface area contributed by atoms with Gasteiger partial charge in [0.2, 0.25) is 0 Å². The van der Waals surface area contributed by atoms with Crippen molar-refractivity contribution in [3.63, 3.8) is 0 Å². The van der Waals surface area contributed by atoms with Crippen molar-refractivity contribution in [3.05, 3.63) is 95.3 Å². The fourth-order valence-corrected chi connectivity index (χ4v) is 4.37. The molecule has 5 rings (SSSR count). The Morgan fingerprint density at radius 1 is 0.970 bits per heavy atom. The Bertz CT molecular complexity index is 1240. The normalized spacial score (nSPS) is 13.4. The second-order valence-corrected chi connectivity index (χ2v) is 8.36. The molecule has 0 unspecified atom stereocenters. The fraction of sp³-hybridized carbons (Fsp3) is 0.269. The molecule has 168 valence electrons. The number of benzene rings is 2. The number of nitrogens with zero attached hydrogens (tertiary/aromatic N) is 4. The molecule has 0 aliphatic heterocycles. The van der Waals surface area contributed by atoms with Crippen molar-refractivity contribution in [3.8, 4) is 11.4 Å². The lowest BCUT2D eigenvalue weighted by atomic mass is 10.1. The monoisotopic (exact) mass is 443 g/mol. The van der Waals surface area contributed by atoms with Crippen LogP contribution in [0.3, 0.4) is 0 Å². The van der Waals surface area contributed by atoms with Crippen LogP contribution in [0.25, 0.3) is 11.4 Å². The minimum atomic E-state index is -0.287. The third kappa shape index (κ3) is 4.58. The van der Waals surface area contributed by atoms with Crippen LogP contribution in [-0.4, -0.2) is 32.0 Å². The molecule has 0 atom stereocenters. The predicted octanol–water partition coefficient (Wildman–Crippen LogP) is 4.44. The molecule has 1 aliphatic carbocycles. The van der Waals surface area contributed by atoms with Gasteiger partial charge in [-0.15, -0.1) is 0 Å². The highest BCUT2D eigenvalue weighted by molar-refractivity contribution is 5.94. The summed E-state index contributed by atoms with van der Waals surface area (Å²) in [6.45, 7) is 0.498. The van der Waals surface area contributed by atoms with Crippen molar-refractivity contribution in [2.75, 3.05) is 6.54 Å². The van der Waals surface area contributed by atoms with Gasteiger partial charge in [0.1, 0.15) is 5.82 Å². The number of aromatic nitrogens is 4. The maximum atomic E-state index is 13.4. The zero-order valence-electron chi connectivity index (χ0n) is 18.4. The molecular weight excluding hydrogens is 417 g/mol. The number of fused-ring (bicyclic) bond motifs is 1. The number of nitrogens with one attached hydrogen (secondary N) is 1. The number of halogens is 1. The Morgan fingerprint density at radius 3 is 2.58 bits per heavy atom. The third-order valence-electron chi connectivity index (χ3n) is 6.07. The van der Waals surface area contributed by atoms with Crippen LogP contribution in [0.15, 0.2) is 67.0 Å². The molecular formula is C26H26FN5O. The molecule has 0 bridgehead atoms. The average molecular weight is 444 g/mol. The van der Waals surface area contributed by atoms with E-state index >= 15 is 0 Å². The summed E-state index contributed by atoms with van der Waals surface area (Å²) in [6.07, 6.45) is 9.43. The molecule has 2 heterocycles. The molecule has 0 saturated heterocycles. The topological polar surface area (TPSA) is 64.7 Å². The van der Waals surface area contributed by atoms with Crippen LogP contribution >= 0.6 is 0 Å². The molecule has 7 heteroatoms. The summed E-state index contributed by atoms with van der Waals surface area (Å²) < 4.78 is 17.1. The van der Waals surface area contributed by atoms with Gasteiger partial charge in [0.25, 0.3) is 5.91 Å². The highest BCUT2D eigenvalue weighted by atomic mass is 19.1. The van der Waals surface area contributed by atoms with Gasteiger partial charge in [-0.25, -0.2) is 13.8 Å². The molecule has 6 nitrogen and oxygen atoms in total. The van der Waals surface area contributed by atoms with E-state index in [4.69, 9.17) is 0 Å². The van der Waals surface area contributed by atoms with Crippen molar-refractivity contribution >= 4 is 5.91 Å². The minimum absolute atomic E-state index is 0.163. The molecule has 4 aromatic rings. The molecule has 0 saturated carbocycles. The average Bonchev–Trinajstić information content (AvgIpc) is 3.38. The minimum Gasteiger partial charge on any atom is -0.350 e. The second kappa shape index (κ2) is 9.40. The van der Waals surface area contributed by atoms with Crippen molar-refractivity contribution in [2.45, 2.75) is 38.5 Å². The number of para-hydroxylation sites is 1. The van der Waals surface area contributed by atoms with Gasteiger partial charge >= 0.3 is 0 Å². The SMILES string of the molecule is O=C(NCCc1cnn(-c2ccccc2)c1)c1nn(-c2ccc(F)cc2)c2c1CCCCC2. The summed E-state index contributed by atoms with van der Waals surface area (Å²) in [5, 5.41) is 12.1. The summed E-state index contributed by atoms with van der Waals surface area (Å²) in [5.74, 6) is -0.449. The van der Waals surface area contributed by atoms with E-state index in [1.54, 1.807) is 12.1 Å². The van der Waals surface area contributed by atoms with Crippen LogP contribution in [-0.2, 0) is 19.3 Å². The van der Waals surface area contributed by atoms with E-state index < -0.39 is 0 Å². The van der Waals surface area contributed by atoms with Crippen LogP contribution < -0.4 is 5.32 Å². The van der Waals surface area contributed by atoms with E-state index in [0.717, 1.165) is 60.3 Å². The molecule has 2 aromatic heterocycles. The van der Waals surface area contributed by atoms with Gasteiger partial charge in [0, 0.05) is 24.0 Å². The Morgan fingerprint density at radius 2 is 1.76 bits per heavy atom. The molecule has 0 radical (unpaired) electrons. The molecule has 2 aromatic carbocycles. The van der Waals surface area contributed by atoms with Crippen molar-refractivity contribution < 1.29 is 9.18 Å². The highest BCUT2D eigenvalue weighted by Gasteiger charge is 2.24. The molecule has 0 fully saturated rings. The van der Waals surface area contributed by atoms with Gasteiger partial charge in [0.15, 0.2) is 5.69 Å². The number of carbonyl (C=O) groups is 1. The quantitative estimate of drug-likeness (QED) is 0.448. The van der Waals surface area contributed by atoms with Crippen LogP contribution in [0.4, 0.5) is 4.39 Å². The zero-order chi connectivity index (χ0) is 22.6. The number of hydrogen-bond acceptors (Lipinski definition) is 3. The van der Waals surface area contributed by atoms with Gasteiger partial charge in [-0.1, -0.05) is 24.6 Å². The van der Waals surface area contributed by atoms with Crippen LogP contribution in [0.2, 0.25) is 0 Å². The van der Waals surface area contributed by atoms with Crippen LogP contribution in [0.1, 0.15) is 46.6 Å². The summed E-state index contributed by atoms with van der Waals surface area (Å²) in [7, 11) is 0. The maximum absolute atomic E-state index is 13.4. The number of hydrogen-bond donors (Lipinski definition) is 1. The lowest BCUT2D eigenvalue weighted by Gasteiger charge is -2.07. The van der Waals surface area contributed by atoms with E-state index in [1.807, 2.05) is 52.1 Å². The number of carbonyl (C=O) groups excluding carboxylic acids is 1. The standard InChI is InChI=1S/C26H26FN5O/c27-20-11-13-22(14-12-20)32-24-10-6-2-5-9-23(24)25(30-32)26(33)28-16-15-19-17-29-31(18-19)21-7-3-1-4-8-21/h1,3-4,7-8,11-14,17-18H,2,5-6,9-10,15-16H2,(H,28,33). The summed E-state index contributed by atoms with van der Waals surface area (Å²) in [4.78, 5) is 13.1. The first-order valence-corrected chi connectivity index (χ1v) is 11.4. The third-order valence-corrected chi connectivity index (χ3v) is 6.07. The smallest absolute Gasteiger partial charge is 0.272 e. The first kappa shape index (κ1) is 21.1. The second-order valence-electron chi connectivity index (χ2n) is 8.36. The zero-order valence-corrected chi connectivity index (χ0v) is 18.4. The van der Waals surface area contributed by atoms with E-state index in [9.17, 15) is 9.18 Å². The predicted molar refractivity (Wildman–Crippen MR) is 124 cm³/mol. The fourth-order valence-electron chi connectivity index (χ4n) is 4.37. The van der Waals surface area contributed by atoms with E-state index in [2.05, 4.69) is 15.5 Å². The van der Waals surface area contributed by atoms with Gasteiger partial charge in [0.05, 0.1) is 17.6 Å². The lowest BCUT2D eigenvalue weighted by Crippen LogP contribution is -2.27. The molecule has 1 amide bonds. The highest BCUT2D eigenvalue weighted by Crippen LogP contribution is 2.26. The number of amides is 1. The first-order chi connectivity index (χ1) is 16.2. The molecule has 33 heavy (non-hydrogen) atoms. The van der Waals surface area contributed by atoms with E-state index in [0.29, 0.717) is 18.7 Å². The van der Waals surface area contributed by atoms with Gasteiger partial charge in [-0.05, 0) is 74.1 Å². The van der Waals surface area contributed by atoms with Gasteiger partial charge in [-0.3, -0.25) is 4.79 Å². The Balaban J connectivity index is 1.30. The van der Waals surface area contributed by atoms with Gasteiger partial charge < -0.3 is 5.32 Å². The molecule has 1 N–H and O–H groups in total. The van der Waals surface area contributed by atoms with Crippen molar-refractivity contribution in [2.24, 2.45) is 0 Å². The van der Waals surface area contributed by atoms with Gasteiger partial charge in [-0.2, -0.15) is 10.2 Å². The Labute approximate surface area is 192 Å². The van der Waals surface area contributed by atoms with Crippen LogP contribution in [0.5, 0.6) is 0 Å². The van der Waals surface area contributed by atoms with Crippen molar-refractivity contribution in [1.82, 2.24) is 24.9 Å². The summed E-state index contributed by atoms with van der Waals surface area (Å²) in [6, 6.07) is 16.2. The maximum Gasteiger partial charge on any atom is 0.272 e. The summed E-state index contributed by atoms with van der Waals surface area (Å²) >= 11 is 0. The van der Waals surface area contributed by atoms with Crippen molar-refractivity contribution in [1.29, 1.82) is 0 Å². The largest absolute Gasteiger partial charge is 0.350 e. The molecule has 1 aliphatic rings. The lowest BCUT2D eigenvalue weighted by molar-refractivity contribution is 0.0947. The summed E-state index contributed by atoms with van der Waals surface area (Å²) in [5.41, 5.74) is 5.40. The Kier molecular flexibility index (Phi) is 6.02.